The zero-order valence-corrected chi connectivity index (χ0v) is 12.0. The molecule has 6 heteroatoms. The Morgan fingerprint density at radius 1 is 1.48 bits per heavy atom. The molecule has 0 aliphatic carbocycles. The average Bonchev–Trinajstić information content (AvgIpc) is 2.84. The van der Waals surface area contributed by atoms with Crippen molar-refractivity contribution in [2.45, 2.75) is 27.0 Å². The fourth-order valence-corrected chi connectivity index (χ4v) is 1.88. The highest BCUT2D eigenvalue weighted by atomic mass is 16.5. The summed E-state index contributed by atoms with van der Waals surface area (Å²) in [5.41, 5.74) is 2.53. The minimum absolute atomic E-state index is 0.417. The third-order valence-corrected chi connectivity index (χ3v) is 2.83. The third kappa shape index (κ3) is 4.17. The molecule has 0 saturated heterocycles. The Hall–Kier alpha value is -2.63. The zero-order chi connectivity index (χ0) is 15.2. The number of carbonyl (C=O) groups is 1. The monoisotopic (exact) mass is 287 g/mol. The van der Waals surface area contributed by atoms with Crippen LogP contribution in [0.1, 0.15) is 24.0 Å². The molecule has 0 unspecified atom stereocenters. The second kappa shape index (κ2) is 6.69. The first kappa shape index (κ1) is 14.8. The molecular formula is C15H17N3O3. The van der Waals surface area contributed by atoms with Gasteiger partial charge in [-0.3, -0.25) is 9.67 Å². The van der Waals surface area contributed by atoms with Crippen molar-refractivity contribution in [1.29, 1.82) is 0 Å². The van der Waals surface area contributed by atoms with Gasteiger partial charge in [0, 0.05) is 12.6 Å². The second-order valence-electron chi connectivity index (χ2n) is 4.47. The maximum Gasteiger partial charge on any atom is 0.328 e. The maximum absolute atomic E-state index is 10.4. The number of aliphatic carboxylic acids is 1. The Bertz CT molecular complexity index is 645. The lowest BCUT2D eigenvalue weighted by Gasteiger charge is -2.07. The normalized spacial score (nSPS) is 11.0. The summed E-state index contributed by atoms with van der Waals surface area (Å²) in [6.45, 7) is 5.19. The van der Waals surface area contributed by atoms with Crippen LogP contribution in [0, 0.1) is 6.92 Å². The number of nitrogens with zero attached hydrogens (tertiary/aromatic N) is 3. The first-order valence-corrected chi connectivity index (χ1v) is 6.61. The van der Waals surface area contributed by atoms with Gasteiger partial charge in [-0.15, -0.1) is 0 Å². The second-order valence-corrected chi connectivity index (χ2v) is 4.47. The SMILES string of the molecule is CCn1nc(C)cc1COc1ccc(C=CC(=O)O)nc1. The zero-order valence-electron chi connectivity index (χ0n) is 12.0. The van der Waals surface area contributed by atoms with Crippen molar-refractivity contribution in [1.82, 2.24) is 14.8 Å². The van der Waals surface area contributed by atoms with Crippen molar-refractivity contribution in [3.63, 3.8) is 0 Å². The Morgan fingerprint density at radius 3 is 2.90 bits per heavy atom. The summed E-state index contributed by atoms with van der Waals surface area (Å²) in [5, 5.41) is 12.9. The first-order chi connectivity index (χ1) is 10.1. The van der Waals surface area contributed by atoms with Gasteiger partial charge in [0.1, 0.15) is 12.4 Å². The van der Waals surface area contributed by atoms with E-state index in [1.54, 1.807) is 18.3 Å². The fraction of sp³-hybridized carbons (Fsp3) is 0.267. The smallest absolute Gasteiger partial charge is 0.328 e. The standard InChI is InChI=1S/C15H17N3O3/c1-3-18-13(8-11(2)17-18)10-21-14-6-4-12(16-9-14)5-7-15(19)20/h4-9H,3,10H2,1-2H3,(H,19,20). The van der Waals surface area contributed by atoms with Gasteiger partial charge in [0.2, 0.25) is 0 Å². The maximum atomic E-state index is 10.4. The summed E-state index contributed by atoms with van der Waals surface area (Å²) in [6.07, 6.45) is 4.05. The lowest BCUT2D eigenvalue weighted by Crippen LogP contribution is -2.06. The van der Waals surface area contributed by atoms with Crippen LogP contribution in [0.2, 0.25) is 0 Å². The Balaban J connectivity index is 1.99. The van der Waals surface area contributed by atoms with Gasteiger partial charge in [-0.25, -0.2) is 4.79 Å². The number of hydrogen-bond donors (Lipinski definition) is 1. The topological polar surface area (TPSA) is 77.2 Å². The Labute approximate surface area is 122 Å². The van der Waals surface area contributed by atoms with Gasteiger partial charge in [0.25, 0.3) is 0 Å². The minimum atomic E-state index is -1.000. The van der Waals surface area contributed by atoms with Crippen LogP contribution in [0.5, 0.6) is 5.75 Å². The molecule has 0 aromatic carbocycles. The predicted octanol–water partition coefficient (Wildman–Crippen LogP) is 2.28. The van der Waals surface area contributed by atoms with Gasteiger partial charge in [-0.05, 0) is 38.1 Å². The van der Waals surface area contributed by atoms with E-state index in [1.807, 2.05) is 24.6 Å². The number of rotatable bonds is 6. The van der Waals surface area contributed by atoms with Crippen LogP contribution in [0.3, 0.4) is 0 Å². The highest BCUT2D eigenvalue weighted by Crippen LogP contribution is 2.13. The lowest BCUT2D eigenvalue weighted by molar-refractivity contribution is -0.131. The molecule has 0 bridgehead atoms. The number of aromatic nitrogens is 3. The van der Waals surface area contributed by atoms with Crippen molar-refractivity contribution < 1.29 is 14.6 Å². The van der Waals surface area contributed by atoms with Crippen LogP contribution in [0.25, 0.3) is 6.08 Å². The van der Waals surface area contributed by atoms with Crippen LogP contribution >= 0.6 is 0 Å². The van der Waals surface area contributed by atoms with E-state index in [9.17, 15) is 4.79 Å². The molecule has 2 aromatic heterocycles. The number of hydrogen-bond acceptors (Lipinski definition) is 4. The summed E-state index contributed by atoms with van der Waals surface area (Å²) in [6, 6.07) is 5.45. The van der Waals surface area contributed by atoms with Gasteiger partial charge >= 0.3 is 5.97 Å². The van der Waals surface area contributed by atoms with Crippen LogP contribution in [0.4, 0.5) is 0 Å². The summed E-state index contributed by atoms with van der Waals surface area (Å²) in [7, 11) is 0. The van der Waals surface area contributed by atoms with E-state index in [0.29, 0.717) is 18.1 Å². The molecule has 0 spiro atoms. The Morgan fingerprint density at radius 2 is 2.29 bits per heavy atom. The van der Waals surface area contributed by atoms with Crippen molar-refractivity contribution in [3.8, 4) is 5.75 Å². The van der Waals surface area contributed by atoms with E-state index >= 15 is 0 Å². The van der Waals surface area contributed by atoms with E-state index < -0.39 is 5.97 Å². The molecule has 6 nitrogen and oxygen atoms in total. The molecule has 0 amide bonds. The molecule has 0 aliphatic heterocycles. The molecule has 2 aromatic rings. The summed E-state index contributed by atoms with van der Waals surface area (Å²) >= 11 is 0. The van der Waals surface area contributed by atoms with Gasteiger partial charge < -0.3 is 9.84 Å². The third-order valence-electron chi connectivity index (χ3n) is 2.83. The van der Waals surface area contributed by atoms with Gasteiger partial charge in [0.15, 0.2) is 0 Å². The van der Waals surface area contributed by atoms with Crippen LogP contribution < -0.4 is 4.74 Å². The van der Waals surface area contributed by atoms with E-state index in [4.69, 9.17) is 9.84 Å². The average molecular weight is 287 g/mol. The molecule has 21 heavy (non-hydrogen) atoms. The van der Waals surface area contributed by atoms with Crippen LogP contribution in [0.15, 0.2) is 30.5 Å². The molecule has 0 aliphatic rings. The van der Waals surface area contributed by atoms with Crippen molar-refractivity contribution >= 4 is 12.0 Å². The fourth-order valence-electron chi connectivity index (χ4n) is 1.88. The number of carboxylic acid groups (broad SMARTS) is 1. The summed E-state index contributed by atoms with van der Waals surface area (Å²) in [4.78, 5) is 14.5. The molecule has 0 saturated carbocycles. The number of aryl methyl sites for hydroxylation is 2. The molecular weight excluding hydrogens is 270 g/mol. The molecule has 2 rings (SSSR count). The Kier molecular flexibility index (Phi) is 4.71. The molecule has 0 atom stereocenters. The summed E-state index contributed by atoms with van der Waals surface area (Å²) in [5.74, 6) is -0.371. The van der Waals surface area contributed by atoms with E-state index in [0.717, 1.165) is 24.0 Å². The van der Waals surface area contributed by atoms with Crippen molar-refractivity contribution in [2.24, 2.45) is 0 Å². The molecule has 2 heterocycles. The molecule has 0 radical (unpaired) electrons. The molecule has 1 N–H and O–H groups in total. The highest BCUT2D eigenvalue weighted by Gasteiger charge is 2.05. The molecule has 0 fully saturated rings. The van der Waals surface area contributed by atoms with Crippen molar-refractivity contribution in [2.75, 3.05) is 0 Å². The van der Waals surface area contributed by atoms with Gasteiger partial charge in [-0.1, -0.05) is 0 Å². The van der Waals surface area contributed by atoms with Crippen LogP contribution in [-0.2, 0) is 17.9 Å². The summed E-state index contributed by atoms with van der Waals surface area (Å²) < 4.78 is 7.56. The van der Waals surface area contributed by atoms with E-state index in [1.165, 1.54) is 6.08 Å². The first-order valence-electron chi connectivity index (χ1n) is 6.61. The lowest BCUT2D eigenvalue weighted by atomic mass is 10.3. The highest BCUT2D eigenvalue weighted by molar-refractivity contribution is 5.84. The number of pyridine rings is 1. The van der Waals surface area contributed by atoms with Crippen LogP contribution in [-0.4, -0.2) is 25.8 Å². The van der Waals surface area contributed by atoms with E-state index in [-0.39, 0.29) is 0 Å². The minimum Gasteiger partial charge on any atom is -0.486 e. The molecule has 110 valence electrons. The van der Waals surface area contributed by atoms with Gasteiger partial charge in [-0.2, -0.15) is 5.10 Å². The number of ether oxygens (including phenoxy) is 1. The van der Waals surface area contributed by atoms with Crippen molar-refractivity contribution in [3.05, 3.63) is 47.6 Å². The largest absolute Gasteiger partial charge is 0.486 e. The van der Waals surface area contributed by atoms with Gasteiger partial charge in [0.05, 0.1) is 23.3 Å². The quantitative estimate of drug-likeness (QED) is 0.825. The number of carboxylic acids is 1. The predicted molar refractivity (Wildman–Crippen MR) is 77.9 cm³/mol. The van der Waals surface area contributed by atoms with E-state index in [2.05, 4.69) is 10.1 Å².